The van der Waals surface area contributed by atoms with Crippen LogP contribution in [0.15, 0.2) is 0 Å². The van der Waals surface area contributed by atoms with Gasteiger partial charge in [0.2, 0.25) is 5.91 Å². The minimum absolute atomic E-state index is 0. The number of hydrogen-bond acceptors (Lipinski definition) is 6. The number of carbonyl (C=O) groups is 1. The van der Waals surface area contributed by atoms with Crippen molar-refractivity contribution in [3.05, 3.63) is 0 Å². The van der Waals surface area contributed by atoms with Crippen molar-refractivity contribution < 1.29 is 30.6 Å². The number of nitrogens with zero attached hydrogens (tertiary/aromatic N) is 1. The maximum Gasteiger partial charge on any atom is 0.222 e. The molecule has 2 heterocycles. The lowest BCUT2D eigenvalue weighted by atomic mass is 9.46. The van der Waals surface area contributed by atoms with Crippen LogP contribution in [0.3, 0.4) is 0 Å². The maximum atomic E-state index is 12.7. The van der Waals surface area contributed by atoms with Gasteiger partial charge in [-0.2, -0.15) is 0 Å². The van der Waals surface area contributed by atoms with Crippen molar-refractivity contribution in [2.24, 2.45) is 45.3 Å². The lowest BCUT2D eigenvalue weighted by Gasteiger charge is -2.60. The Kier molecular flexibility index (Phi) is 7.89. The van der Waals surface area contributed by atoms with Crippen LogP contribution in [0, 0.1) is 45.3 Å². The van der Waals surface area contributed by atoms with Gasteiger partial charge in [0.25, 0.3) is 0 Å². The number of fused-ring (bicyclic) bond motifs is 4. The topological polar surface area (TPSA) is 88.5 Å². The van der Waals surface area contributed by atoms with E-state index in [1.807, 2.05) is 4.90 Å². The normalized spacial score (nSPS) is 48.3. The van der Waals surface area contributed by atoms with Gasteiger partial charge in [0.05, 0.1) is 37.1 Å². The lowest BCUT2D eigenvalue weighted by Crippen LogP contribution is -2.56. The zero-order valence-corrected chi connectivity index (χ0v) is 28.5. The van der Waals surface area contributed by atoms with Crippen LogP contribution in [0.5, 0.6) is 0 Å². The summed E-state index contributed by atoms with van der Waals surface area (Å²) in [6, 6.07) is 0. The molecule has 7 nitrogen and oxygen atoms in total. The van der Waals surface area contributed by atoms with E-state index in [1.54, 1.807) is 13.8 Å². The van der Waals surface area contributed by atoms with Crippen LogP contribution in [-0.2, 0) is 19.0 Å². The number of aliphatic hydroxyl groups is 2. The predicted octanol–water partition coefficient (Wildman–Crippen LogP) is 6.33. The highest BCUT2D eigenvalue weighted by molar-refractivity contribution is 5.76. The maximum absolute atomic E-state index is 12.7. The first-order chi connectivity index (χ1) is 20.8. The van der Waals surface area contributed by atoms with Crippen molar-refractivity contribution in [1.82, 2.24) is 4.90 Å². The van der Waals surface area contributed by atoms with Gasteiger partial charge in [-0.25, -0.2) is 0 Å². The Morgan fingerprint density at radius 1 is 1.05 bits per heavy atom. The van der Waals surface area contributed by atoms with Crippen LogP contribution in [0.1, 0.15) is 126 Å². The van der Waals surface area contributed by atoms with Crippen LogP contribution in [0.2, 0.25) is 0 Å². The largest absolute Gasteiger partial charge is 0.388 e. The summed E-state index contributed by atoms with van der Waals surface area (Å²) in [5.74, 6) is 2.98. The van der Waals surface area contributed by atoms with E-state index in [0.29, 0.717) is 60.1 Å². The molecule has 2 saturated heterocycles. The highest BCUT2D eigenvalue weighted by atomic mass is 16.7. The molecule has 12 atom stereocenters. The summed E-state index contributed by atoms with van der Waals surface area (Å²) in [6.07, 6.45) is 13.7. The van der Waals surface area contributed by atoms with Gasteiger partial charge in [-0.1, -0.05) is 34.1 Å². The van der Waals surface area contributed by atoms with E-state index in [9.17, 15) is 15.0 Å². The van der Waals surface area contributed by atoms with E-state index in [4.69, 9.17) is 14.2 Å². The van der Waals surface area contributed by atoms with Crippen molar-refractivity contribution in [1.29, 1.82) is 0 Å². The third kappa shape index (κ3) is 4.70. The van der Waals surface area contributed by atoms with Crippen LogP contribution in [-0.4, -0.2) is 77.0 Å². The molecule has 0 aromatic heterocycles. The van der Waals surface area contributed by atoms with E-state index >= 15 is 0 Å². The molecule has 0 radical (unpaired) electrons. The molecule has 0 bridgehead atoms. The van der Waals surface area contributed by atoms with E-state index < -0.39 is 11.7 Å². The monoisotopic (exact) mass is 617 g/mol. The van der Waals surface area contributed by atoms with Gasteiger partial charge in [-0.05, 0) is 130 Å². The number of ether oxygens (including phenoxy) is 3. The van der Waals surface area contributed by atoms with E-state index in [1.165, 1.54) is 38.5 Å². The van der Waals surface area contributed by atoms with E-state index in [2.05, 4.69) is 27.7 Å². The molecule has 7 fully saturated rings. The van der Waals surface area contributed by atoms with E-state index in [-0.39, 0.29) is 37.4 Å². The Balaban J connectivity index is 0.00000357. The predicted molar refractivity (Wildman–Crippen MR) is 171 cm³/mol. The minimum atomic E-state index is -1.14. The molecule has 2 N–H and O–H groups in total. The number of carbonyl (C=O) groups excluding carboxylic acids is 1. The fourth-order valence-corrected chi connectivity index (χ4v) is 12.8. The fourth-order valence-electron chi connectivity index (χ4n) is 12.8. The molecule has 0 aromatic carbocycles. The van der Waals surface area contributed by atoms with Crippen molar-refractivity contribution in [2.45, 2.75) is 161 Å². The van der Waals surface area contributed by atoms with Gasteiger partial charge in [0.1, 0.15) is 6.10 Å². The fraction of sp³-hybridized carbons (Fsp3) is 0.973. The number of morpholine rings is 1. The molecule has 2 aliphatic heterocycles. The summed E-state index contributed by atoms with van der Waals surface area (Å²) >= 11 is 0. The Morgan fingerprint density at radius 2 is 1.82 bits per heavy atom. The van der Waals surface area contributed by atoms with Crippen molar-refractivity contribution in [2.75, 3.05) is 19.7 Å². The Labute approximate surface area is 267 Å². The van der Waals surface area contributed by atoms with Gasteiger partial charge in [-0.3, -0.25) is 4.79 Å². The lowest BCUT2D eigenvalue weighted by molar-refractivity contribution is -0.244. The van der Waals surface area contributed by atoms with Crippen molar-refractivity contribution in [3.8, 4) is 0 Å². The molecule has 44 heavy (non-hydrogen) atoms. The number of rotatable bonds is 7. The average Bonchev–Trinajstić information content (AvgIpc) is 3.56. The van der Waals surface area contributed by atoms with Gasteiger partial charge in [-0.15, -0.1) is 0 Å². The first-order valence-electron chi connectivity index (χ1n) is 18.4. The van der Waals surface area contributed by atoms with Gasteiger partial charge in [0.15, 0.2) is 6.29 Å². The smallest absolute Gasteiger partial charge is 0.222 e. The number of amides is 1. The second kappa shape index (κ2) is 10.9. The Hall–Kier alpha value is -0.730. The summed E-state index contributed by atoms with van der Waals surface area (Å²) in [7, 11) is 0. The van der Waals surface area contributed by atoms with Crippen LogP contribution >= 0.6 is 0 Å². The summed E-state index contributed by atoms with van der Waals surface area (Å²) < 4.78 is 19.6. The van der Waals surface area contributed by atoms with Crippen LogP contribution in [0.25, 0.3) is 0 Å². The first kappa shape index (κ1) is 31.8. The number of aliphatic hydroxyl groups excluding tert-OH is 1. The van der Waals surface area contributed by atoms with Crippen LogP contribution < -0.4 is 0 Å². The third-order valence-corrected chi connectivity index (χ3v) is 15.1. The quantitative estimate of drug-likeness (QED) is 0.347. The number of unbranched alkanes of at least 4 members (excludes halogenated alkanes) is 1. The molecule has 5 aliphatic carbocycles. The molecule has 252 valence electrons. The SMILES string of the molecule is CCCCC(=O)N1CCOC(O[C@H]2CC[C@]34C[C@]35CC[C@]3(C)C6CCC([C@H](O)C(C)(C)O)OC6CC3C5CCC4C2(C)C)C1.[HH]. The highest BCUT2D eigenvalue weighted by Gasteiger charge is 2.80. The summed E-state index contributed by atoms with van der Waals surface area (Å²) in [5, 5.41) is 21.3. The third-order valence-electron chi connectivity index (χ3n) is 15.1. The Bertz CT molecular complexity index is 1110. The molecule has 7 aliphatic rings. The molecule has 1 amide bonds. The first-order valence-corrected chi connectivity index (χ1v) is 18.4. The highest BCUT2D eigenvalue weighted by Crippen LogP contribution is 2.87. The molecular weight excluding hydrogens is 554 g/mol. The Morgan fingerprint density at radius 3 is 2.57 bits per heavy atom. The second-order valence-electron chi connectivity index (χ2n) is 17.8. The summed E-state index contributed by atoms with van der Waals surface area (Å²) in [5.41, 5.74) is 0.199. The van der Waals surface area contributed by atoms with Crippen LogP contribution in [0.4, 0.5) is 0 Å². The van der Waals surface area contributed by atoms with Crippen molar-refractivity contribution in [3.63, 3.8) is 0 Å². The molecular formula is C37H63NO6. The van der Waals surface area contributed by atoms with Gasteiger partial charge in [0, 0.05) is 14.4 Å². The minimum Gasteiger partial charge on any atom is -0.388 e. The van der Waals surface area contributed by atoms with Gasteiger partial charge < -0.3 is 29.3 Å². The summed E-state index contributed by atoms with van der Waals surface area (Å²) in [4.78, 5) is 14.7. The molecule has 7 unspecified atom stereocenters. The van der Waals surface area contributed by atoms with Crippen molar-refractivity contribution >= 4 is 5.91 Å². The molecule has 2 spiro atoms. The molecule has 7 rings (SSSR count). The standard InChI is InChI=1S/C37H61NO6.H2/c1-7-8-9-30(39)38-18-19-42-31(21-38)44-29-14-15-37-22-36(37)17-16-35(6)24-10-12-26(32(40)34(4,5)41)43-27(24)20-25(35)23(36)11-13-28(37)33(29,2)3;/h23-29,31-32,40-41H,7-22H2,1-6H3;1H/t23?,24?,25?,26?,27?,28?,29-,31?,32-,35+,36-,37+;/m0./s1. The van der Waals surface area contributed by atoms with E-state index in [0.717, 1.165) is 44.4 Å². The molecule has 7 heteroatoms. The second-order valence-corrected chi connectivity index (χ2v) is 17.8. The zero-order chi connectivity index (χ0) is 31.3. The summed E-state index contributed by atoms with van der Waals surface area (Å²) in [6.45, 7) is 14.9. The number of hydrogen-bond donors (Lipinski definition) is 2. The zero-order valence-electron chi connectivity index (χ0n) is 28.5. The molecule has 0 aromatic rings. The average molecular weight is 618 g/mol. The molecule has 5 saturated carbocycles. The van der Waals surface area contributed by atoms with Gasteiger partial charge >= 0.3 is 0 Å².